The average molecular weight is 247 g/mol. The topological polar surface area (TPSA) is 44.4 Å². The molecule has 1 unspecified atom stereocenters. The van der Waals surface area contributed by atoms with Gasteiger partial charge in [0.2, 0.25) is 0 Å². The molecule has 0 saturated heterocycles. The lowest BCUT2D eigenvalue weighted by Gasteiger charge is -2.27. The van der Waals surface area contributed by atoms with Crippen molar-refractivity contribution >= 4 is 17.4 Å². The van der Waals surface area contributed by atoms with E-state index in [2.05, 4.69) is 23.6 Å². The minimum atomic E-state index is -0.0640. The Morgan fingerprint density at radius 2 is 2.33 bits per heavy atom. The third-order valence-corrected chi connectivity index (χ3v) is 3.45. The Bertz CT molecular complexity index is 445. The fourth-order valence-electron chi connectivity index (χ4n) is 2.13. The van der Waals surface area contributed by atoms with Gasteiger partial charge in [-0.15, -0.1) is 0 Å². The van der Waals surface area contributed by atoms with Gasteiger partial charge in [0, 0.05) is 19.6 Å². The van der Waals surface area contributed by atoms with Gasteiger partial charge in [0.05, 0.1) is 11.4 Å². The van der Waals surface area contributed by atoms with Gasteiger partial charge >= 0.3 is 6.03 Å². The summed E-state index contributed by atoms with van der Waals surface area (Å²) >= 11 is 0. The average Bonchev–Trinajstić information content (AvgIpc) is 2.38. The molecule has 18 heavy (non-hydrogen) atoms. The molecule has 0 aliphatic carbocycles. The molecule has 4 heteroatoms. The maximum absolute atomic E-state index is 11.9. The zero-order chi connectivity index (χ0) is 13.1. The van der Waals surface area contributed by atoms with Crippen LogP contribution in [0, 0.1) is 0 Å². The highest BCUT2D eigenvalue weighted by atomic mass is 16.2. The molecule has 98 valence electrons. The van der Waals surface area contributed by atoms with E-state index in [0.29, 0.717) is 12.6 Å². The van der Waals surface area contributed by atoms with E-state index >= 15 is 0 Å². The highest BCUT2D eigenvalue weighted by Crippen LogP contribution is 2.32. The molecule has 1 aliphatic rings. The molecule has 0 aromatic heterocycles. The monoisotopic (exact) mass is 247 g/mol. The highest BCUT2D eigenvalue weighted by Gasteiger charge is 2.18. The number of nitrogens with zero attached hydrogens (tertiary/aromatic N) is 1. The molecule has 0 bridgehead atoms. The van der Waals surface area contributed by atoms with Gasteiger partial charge in [-0.3, -0.25) is 0 Å². The first-order valence-electron chi connectivity index (χ1n) is 6.52. The normalized spacial score (nSPS) is 17.6. The Morgan fingerprint density at radius 3 is 3.06 bits per heavy atom. The number of hydrogen-bond donors (Lipinski definition) is 2. The van der Waals surface area contributed by atoms with Gasteiger partial charge in [0.1, 0.15) is 0 Å². The Kier molecular flexibility index (Phi) is 3.75. The SMILES string of the molecule is CCN(C)C(=O)Nc1cccc2c1NC(C)CC2. The third kappa shape index (κ3) is 2.58. The van der Waals surface area contributed by atoms with Gasteiger partial charge in [0.25, 0.3) is 0 Å². The van der Waals surface area contributed by atoms with Crippen LogP contribution in [0.25, 0.3) is 0 Å². The van der Waals surface area contributed by atoms with E-state index in [1.54, 1.807) is 11.9 Å². The van der Waals surface area contributed by atoms with E-state index in [-0.39, 0.29) is 6.03 Å². The number of hydrogen-bond acceptors (Lipinski definition) is 2. The van der Waals surface area contributed by atoms with Crippen LogP contribution in [0.5, 0.6) is 0 Å². The first-order chi connectivity index (χ1) is 8.61. The van der Waals surface area contributed by atoms with Crippen molar-refractivity contribution in [3.8, 4) is 0 Å². The molecule has 1 aliphatic heterocycles. The number of urea groups is 1. The second-order valence-corrected chi connectivity index (χ2v) is 4.87. The molecule has 0 spiro atoms. The zero-order valence-corrected chi connectivity index (χ0v) is 11.3. The molecular formula is C14H21N3O. The Balaban J connectivity index is 2.21. The van der Waals surface area contributed by atoms with Gasteiger partial charge in [0.15, 0.2) is 0 Å². The van der Waals surface area contributed by atoms with E-state index in [0.717, 1.165) is 24.2 Å². The van der Waals surface area contributed by atoms with Crippen LogP contribution in [-0.4, -0.2) is 30.6 Å². The molecule has 2 rings (SSSR count). The van der Waals surface area contributed by atoms with Crippen molar-refractivity contribution in [1.82, 2.24) is 4.90 Å². The van der Waals surface area contributed by atoms with Gasteiger partial charge in [-0.2, -0.15) is 0 Å². The maximum atomic E-state index is 11.9. The number of aryl methyl sites for hydroxylation is 1. The van der Waals surface area contributed by atoms with Crippen molar-refractivity contribution in [1.29, 1.82) is 0 Å². The van der Waals surface area contributed by atoms with Gasteiger partial charge in [-0.1, -0.05) is 12.1 Å². The first kappa shape index (κ1) is 12.7. The summed E-state index contributed by atoms with van der Waals surface area (Å²) in [7, 11) is 1.79. The lowest BCUT2D eigenvalue weighted by Crippen LogP contribution is -2.32. The summed E-state index contributed by atoms with van der Waals surface area (Å²) in [6.45, 7) is 4.82. The lowest BCUT2D eigenvalue weighted by molar-refractivity contribution is 0.224. The molecule has 1 aromatic carbocycles. The van der Waals surface area contributed by atoms with Gasteiger partial charge in [-0.05, 0) is 38.3 Å². The molecule has 1 atom stereocenters. The van der Waals surface area contributed by atoms with Crippen LogP contribution in [-0.2, 0) is 6.42 Å². The summed E-state index contributed by atoms with van der Waals surface area (Å²) in [4.78, 5) is 13.6. The fourth-order valence-corrected chi connectivity index (χ4v) is 2.13. The molecule has 2 N–H and O–H groups in total. The van der Waals surface area contributed by atoms with Crippen LogP contribution >= 0.6 is 0 Å². The highest BCUT2D eigenvalue weighted by molar-refractivity contribution is 5.93. The van der Waals surface area contributed by atoms with Crippen molar-refractivity contribution in [2.45, 2.75) is 32.7 Å². The summed E-state index contributed by atoms with van der Waals surface area (Å²) in [6.07, 6.45) is 2.20. The molecule has 4 nitrogen and oxygen atoms in total. The Hall–Kier alpha value is -1.71. The lowest BCUT2D eigenvalue weighted by atomic mass is 9.98. The van der Waals surface area contributed by atoms with Crippen molar-refractivity contribution in [3.05, 3.63) is 23.8 Å². The number of fused-ring (bicyclic) bond motifs is 1. The predicted octanol–water partition coefficient (Wildman–Crippen LogP) is 2.92. The summed E-state index contributed by atoms with van der Waals surface area (Å²) < 4.78 is 0. The van der Waals surface area contributed by atoms with E-state index in [1.165, 1.54) is 5.56 Å². The van der Waals surface area contributed by atoms with Gasteiger partial charge in [-0.25, -0.2) is 4.79 Å². The van der Waals surface area contributed by atoms with Crippen LogP contribution in [0.2, 0.25) is 0 Å². The number of nitrogens with one attached hydrogen (secondary N) is 2. The number of carbonyl (C=O) groups excluding carboxylic acids is 1. The number of para-hydroxylation sites is 1. The summed E-state index contributed by atoms with van der Waals surface area (Å²) in [5.41, 5.74) is 3.24. The van der Waals surface area contributed by atoms with Crippen LogP contribution in [0.15, 0.2) is 18.2 Å². The molecule has 1 aromatic rings. The molecule has 1 heterocycles. The largest absolute Gasteiger partial charge is 0.381 e. The number of rotatable bonds is 2. The number of anilines is 2. The van der Waals surface area contributed by atoms with Crippen molar-refractivity contribution < 1.29 is 4.79 Å². The Labute approximate surface area is 108 Å². The predicted molar refractivity (Wildman–Crippen MR) is 75.2 cm³/mol. The third-order valence-electron chi connectivity index (χ3n) is 3.45. The zero-order valence-electron chi connectivity index (χ0n) is 11.3. The summed E-state index contributed by atoms with van der Waals surface area (Å²) in [6, 6.07) is 6.46. The minimum absolute atomic E-state index is 0.0640. The fraction of sp³-hybridized carbons (Fsp3) is 0.500. The standard InChI is InChI=1S/C14H21N3O/c1-4-17(3)14(18)16-12-7-5-6-11-9-8-10(2)15-13(11)12/h5-7,10,15H,4,8-9H2,1-3H3,(H,16,18). The summed E-state index contributed by atoms with van der Waals surface area (Å²) in [5.74, 6) is 0. The van der Waals surface area contributed by atoms with Crippen LogP contribution in [0.3, 0.4) is 0 Å². The van der Waals surface area contributed by atoms with Crippen molar-refractivity contribution in [3.63, 3.8) is 0 Å². The molecule has 0 radical (unpaired) electrons. The quantitative estimate of drug-likeness (QED) is 0.844. The van der Waals surface area contributed by atoms with Crippen LogP contribution < -0.4 is 10.6 Å². The van der Waals surface area contributed by atoms with Gasteiger partial charge < -0.3 is 15.5 Å². The van der Waals surface area contributed by atoms with E-state index < -0.39 is 0 Å². The van der Waals surface area contributed by atoms with E-state index in [4.69, 9.17) is 0 Å². The van der Waals surface area contributed by atoms with Crippen molar-refractivity contribution in [2.24, 2.45) is 0 Å². The molecule has 0 fully saturated rings. The number of amides is 2. The van der Waals surface area contributed by atoms with Crippen LogP contribution in [0.1, 0.15) is 25.8 Å². The van der Waals surface area contributed by atoms with Crippen molar-refractivity contribution in [2.75, 3.05) is 24.2 Å². The molecular weight excluding hydrogens is 226 g/mol. The first-order valence-corrected chi connectivity index (χ1v) is 6.52. The van der Waals surface area contributed by atoms with Crippen LogP contribution in [0.4, 0.5) is 16.2 Å². The molecule has 0 saturated carbocycles. The molecule has 2 amide bonds. The number of benzene rings is 1. The number of carbonyl (C=O) groups is 1. The Morgan fingerprint density at radius 1 is 1.56 bits per heavy atom. The summed E-state index contributed by atoms with van der Waals surface area (Å²) in [5, 5.41) is 6.42. The smallest absolute Gasteiger partial charge is 0.321 e. The van der Waals surface area contributed by atoms with E-state index in [9.17, 15) is 4.79 Å². The maximum Gasteiger partial charge on any atom is 0.321 e. The minimum Gasteiger partial charge on any atom is -0.381 e. The second kappa shape index (κ2) is 5.29. The van der Waals surface area contributed by atoms with E-state index in [1.807, 2.05) is 19.1 Å². The second-order valence-electron chi connectivity index (χ2n) is 4.87.